The normalized spacial score (nSPS) is 12.3. The lowest BCUT2D eigenvalue weighted by atomic mass is 10.2. The second kappa shape index (κ2) is 10.1. The van der Waals surface area contributed by atoms with Crippen molar-refractivity contribution in [3.8, 4) is 11.5 Å². The first-order chi connectivity index (χ1) is 12.2. The molecule has 26 heavy (non-hydrogen) atoms. The summed E-state index contributed by atoms with van der Waals surface area (Å²) in [5.74, 6) is 1.98. The minimum Gasteiger partial charge on any atom is -0.497 e. The standard InChI is InChI=1S/C17H27F3N4O2/c1-21-16(22-8-9-23(2)12-17(18,19)20)24(3)11-13-6-7-14(25-4)10-15(13)26-5/h6-7,10H,8-9,11-12H2,1-5H3,(H,21,22). The van der Waals surface area contributed by atoms with E-state index < -0.39 is 12.7 Å². The Morgan fingerprint density at radius 3 is 2.42 bits per heavy atom. The summed E-state index contributed by atoms with van der Waals surface area (Å²) in [7, 11) is 8.08. The molecule has 0 bridgehead atoms. The number of methoxy groups -OCH3 is 2. The number of rotatable bonds is 8. The zero-order chi connectivity index (χ0) is 19.7. The van der Waals surface area contributed by atoms with Gasteiger partial charge in [-0.2, -0.15) is 13.2 Å². The van der Waals surface area contributed by atoms with Crippen LogP contribution in [0.5, 0.6) is 11.5 Å². The summed E-state index contributed by atoms with van der Waals surface area (Å²) in [6.45, 7) is 0.180. The molecule has 0 atom stereocenters. The molecule has 9 heteroatoms. The highest BCUT2D eigenvalue weighted by atomic mass is 19.4. The van der Waals surface area contributed by atoms with Crippen LogP contribution in [0.4, 0.5) is 13.2 Å². The molecule has 0 unspecified atom stereocenters. The molecule has 148 valence electrons. The highest BCUT2D eigenvalue weighted by Gasteiger charge is 2.28. The number of alkyl halides is 3. The highest BCUT2D eigenvalue weighted by molar-refractivity contribution is 5.79. The molecule has 0 fully saturated rings. The first-order valence-corrected chi connectivity index (χ1v) is 8.08. The molecule has 0 amide bonds. The van der Waals surface area contributed by atoms with Crippen LogP contribution in [0.2, 0.25) is 0 Å². The fourth-order valence-electron chi connectivity index (χ4n) is 2.44. The Balaban J connectivity index is 2.60. The second-order valence-corrected chi connectivity index (χ2v) is 5.86. The Hall–Kier alpha value is -2.16. The van der Waals surface area contributed by atoms with Crippen molar-refractivity contribution in [2.24, 2.45) is 4.99 Å². The number of likely N-dealkylation sites (N-methyl/N-ethyl adjacent to an activating group) is 1. The lowest BCUT2D eigenvalue weighted by molar-refractivity contribution is -0.142. The quantitative estimate of drug-likeness (QED) is 0.557. The molecule has 0 aliphatic carbocycles. The molecule has 0 aromatic heterocycles. The van der Waals surface area contributed by atoms with E-state index >= 15 is 0 Å². The number of hydrogen-bond acceptors (Lipinski definition) is 4. The zero-order valence-electron chi connectivity index (χ0n) is 15.9. The molecule has 0 spiro atoms. The van der Waals surface area contributed by atoms with E-state index in [0.717, 1.165) is 5.56 Å². The molecule has 6 nitrogen and oxygen atoms in total. The van der Waals surface area contributed by atoms with E-state index in [1.165, 1.54) is 11.9 Å². The van der Waals surface area contributed by atoms with E-state index in [4.69, 9.17) is 9.47 Å². The minimum atomic E-state index is -4.20. The first-order valence-electron chi connectivity index (χ1n) is 8.08. The Bertz CT molecular complexity index is 594. The Morgan fingerprint density at radius 2 is 1.88 bits per heavy atom. The molecule has 0 radical (unpaired) electrons. The van der Waals surface area contributed by atoms with E-state index in [-0.39, 0.29) is 6.54 Å². The van der Waals surface area contributed by atoms with Crippen molar-refractivity contribution < 1.29 is 22.6 Å². The molecular weight excluding hydrogens is 349 g/mol. The Kier molecular flexibility index (Phi) is 8.50. The molecular formula is C17H27F3N4O2. The molecule has 0 aliphatic heterocycles. The summed E-state index contributed by atoms with van der Waals surface area (Å²) in [4.78, 5) is 7.25. The number of benzene rings is 1. The molecule has 0 saturated carbocycles. The largest absolute Gasteiger partial charge is 0.497 e. The smallest absolute Gasteiger partial charge is 0.401 e. The van der Waals surface area contributed by atoms with Gasteiger partial charge in [0.15, 0.2) is 5.96 Å². The van der Waals surface area contributed by atoms with Crippen molar-refractivity contribution in [1.82, 2.24) is 15.1 Å². The number of nitrogens with one attached hydrogen (secondary N) is 1. The lowest BCUT2D eigenvalue weighted by Gasteiger charge is -2.24. The van der Waals surface area contributed by atoms with Crippen molar-refractivity contribution >= 4 is 5.96 Å². The molecule has 1 aromatic rings. The van der Waals surface area contributed by atoms with Gasteiger partial charge in [0.25, 0.3) is 0 Å². The number of nitrogens with zero attached hydrogens (tertiary/aromatic N) is 3. The monoisotopic (exact) mass is 376 g/mol. The number of hydrogen-bond donors (Lipinski definition) is 1. The third kappa shape index (κ3) is 7.38. The summed E-state index contributed by atoms with van der Waals surface area (Å²) in [5.41, 5.74) is 0.938. The summed E-state index contributed by atoms with van der Waals surface area (Å²) in [6, 6.07) is 5.54. The van der Waals surface area contributed by atoms with Gasteiger partial charge >= 0.3 is 6.18 Å². The van der Waals surface area contributed by atoms with Crippen LogP contribution in [0.15, 0.2) is 23.2 Å². The van der Waals surface area contributed by atoms with Crippen LogP contribution in [0.25, 0.3) is 0 Å². The minimum absolute atomic E-state index is 0.248. The SMILES string of the molecule is CN=C(NCCN(C)CC(F)(F)F)N(C)Cc1ccc(OC)cc1OC. The topological polar surface area (TPSA) is 49.3 Å². The second-order valence-electron chi connectivity index (χ2n) is 5.86. The molecule has 1 N–H and O–H groups in total. The van der Waals surface area contributed by atoms with Crippen LogP contribution in [-0.2, 0) is 6.54 Å². The van der Waals surface area contributed by atoms with Crippen LogP contribution < -0.4 is 14.8 Å². The Labute approximate surface area is 152 Å². The van der Waals surface area contributed by atoms with Crippen LogP contribution >= 0.6 is 0 Å². The number of aliphatic imine (C=N–C) groups is 1. The molecule has 0 aliphatic rings. The van der Waals surface area contributed by atoms with Crippen molar-refractivity contribution in [3.05, 3.63) is 23.8 Å². The molecule has 0 heterocycles. The van der Waals surface area contributed by atoms with Gasteiger partial charge in [-0.15, -0.1) is 0 Å². The van der Waals surface area contributed by atoms with E-state index in [1.807, 2.05) is 24.1 Å². The average Bonchev–Trinajstić information content (AvgIpc) is 2.57. The maximum atomic E-state index is 12.3. The number of guanidine groups is 1. The lowest BCUT2D eigenvalue weighted by Crippen LogP contribution is -2.43. The van der Waals surface area contributed by atoms with E-state index in [0.29, 0.717) is 30.5 Å². The third-order valence-electron chi connectivity index (χ3n) is 3.70. The van der Waals surface area contributed by atoms with Crippen molar-refractivity contribution in [1.29, 1.82) is 0 Å². The van der Waals surface area contributed by atoms with Crippen LogP contribution in [-0.4, -0.2) is 76.9 Å². The summed E-state index contributed by atoms with van der Waals surface area (Å²) >= 11 is 0. The summed E-state index contributed by atoms with van der Waals surface area (Å²) in [6.07, 6.45) is -4.20. The molecule has 1 rings (SSSR count). The third-order valence-corrected chi connectivity index (χ3v) is 3.70. The van der Waals surface area contributed by atoms with Gasteiger partial charge < -0.3 is 19.7 Å². The van der Waals surface area contributed by atoms with Crippen LogP contribution in [0.1, 0.15) is 5.56 Å². The van der Waals surface area contributed by atoms with Gasteiger partial charge in [-0.1, -0.05) is 0 Å². The van der Waals surface area contributed by atoms with Gasteiger partial charge in [-0.25, -0.2) is 0 Å². The van der Waals surface area contributed by atoms with E-state index in [9.17, 15) is 13.2 Å². The number of halogens is 3. The van der Waals surface area contributed by atoms with Gasteiger partial charge in [0.2, 0.25) is 0 Å². The van der Waals surface area contributed by atoms with Gasteiger partial charge in [0, 0.05) is 45.4 Å². The molecule has 1 aromatic carbocycles. The van der Waals surface area contributed by atoms with Gasteiger partial charge in [-0.05, 0) is 19.2 Å². The summed E-state index contributed by atoms with van der Waals surface area (Å²) < 4.78 is 47.6. The fraction of sp³-hybridized carbons (Fsp3) is 0.588. The van der Waals surface area contributed by atoms with Crippen LogP contribution in [0.3, 0.4) is 0 Å². The van der Waals surface area contributed by atoms with Gasteiger partial charge in [0.05, 0.1) is 20.8 Å². The van der Waals surface area contributed by atoms with E-state index in [1.54, 1.807) is 27.3 Å². The Morgan fingerprint density at radius 1 is 1.19 bits per heavy atom. The summed E-state index contributed by atoms with van der Waals surface area (Å²) in [5, 5.41) is 3.07. The van der Waals surface area contributed by atoms with Crippen molar-refractivity contribution in [2.45, 2.75) is 12.7 Å². The fourth-order valence-corrected chi connectivity index (χ4v) is 2.44. The first kappa shape index (κ1) is 21.9. The maximum Gasteiger partial charge on any atom is 0.401 e. The maximum absolute atomic E-state index is 12.3. The van der Waals surface area contributed by atoms with E-state index in [2.05, 4.69) is 10.3 Å². The molecule has 0 saturated heterocycles. The average molecular weight is 376 g/mol. The van der Waals surface area contributed by atoms with Crippen LogP contribution in [0, 0.1) is 0 Å². The van der Waals surface area contributed by atoms with Crippen molar-refractivity contribution in [2.75, 3.05) is 55.0 Å². The zero-order valence-corrected chi connectivity index (χ0v) is 15.9. The predicted octanol–water partition coefficient (Wildman–Crippen LogP) is 2.21. The van der Waals surface area contributed by atoms with Crippen molar-refractivity contribution in [3.63, 3.8) is 0 Å². The predicted molar refractivity (Wildman–Crippen MR) is 95.9 cm³/mol. The van der Waals surface area contributed by atoms with Gasteiger partial charge in [-0.3, -0.25) is 9.89 Å². The van der Waals surface area contributed by atoms with Gasteiger partial charge in [0.1, 0.15) is 11.5 Å². The number of ether oxygens (including phenoxy) is 2. The highest BCUT2D eigenvalue weighted by Crippen LogP contribution is 2.25.